The summed E-state index contributed by atoms with van der Waals surface area (Å²) in [5.41, 5.74) is 2.09. The molecule has 0 aliphatic heterocycles. The summed E-state index contributed by atoms with van der Waals surface area (Å²) in [5, 5.41) is 9.07. The molecule has 140 valence electrons. The number of nitrogens with one attached hydrogen (secondary N) is 3. The Morgan fingerprint density at radius 3 is 2.50 bits per heavy atom. The number of carbonyl (C=O) groups is 1. The van der Waals surface area contributed by atoms with E-state index < -0.39 is 0 Å². The van der Waals surface area contributed by atoms with Gasteiger partial charge in [-0.25, -0.2) is 4.99 Å². The fourth-order valence-corrected chi connectivity index (χ4v) is 2.21. The molecular weight excluding hydrogens is 441 g/mol. The molecule has 0 aliphatic rings. The summed E-state index contributed by atoms with van der Waals surface area (Å²) in [6.07, 6.45) is 2.56. The number of hydrogen-bond acceptors (Lipinski definition) is 3. The van der Waals surface area contributed by atoms with Gasteiger partial charge in [0.15, 0.2) is 5.96 Å². The highest BCUT2D eigenvalue weighted by molar-refractivity contribution is 14.0. The van der Waals surface area contributed by atoms with Gasteiger partial charge in [-0.2, -0.15) is 0 Å². The van der Waals surface area contributed by atoms with E-state index in [1.807, 2.05) is 43.3 Å². The fourth-order valence-electron chi connectivity index (χ4n) is 2.21. The molecule has 1 aromatic heterocycles. The molecule has 26 heavy (non-hydrogen) atoms. The third-order valence-corrected chi connectivity index (χ3v) is 3.46. The number of halogens is 1. The van der Waals surface area contributed by atoms with Crippen LogP contribution < -0.4 is 16.0 Å². The lowest BCUT2D eigenvalue weighted by Crippen LogP contribution is -2.43. The Morgan fingerprint density at radius 1 is 1.04 bits per heavy atom. The summed E-state index contributed by atoms with van der Waals surface area (Å²) in [6, 6.07) is 15.8. The van der Waals surface area contributed by atoms with Gasteiger partial charge in [0, 0.05) is 19.3 Å². The number of amides is 1. The molecule has 2 aromatic rings. The predicted octanol–water partition coefficient (Wildman–Crippen LogP) is 2.11. The number of nitrogens with zero attached hydrogens (tertiary/aromatic N) is 2. The Kier molecular flexibility index (Phi) is 11.0. The van der Waals surface area contributed by atoms with Crippen molar-refractivity contribution in [3.8, 4) is 0 Å². The van der Waals surface area contributed by atoms with Crippen LogP contribution in [0.5, 0.6) is 0 Å². The van der Waals surface area contributed by atoms with Crippen LogP contribution in [0.3, 0.4) is 0 Å². The molecule has 0 spiro atoms. The Morgan fingerprint density at radius 2 is 1.81 bits per heavy atom. The molecule has 0 fully saturated rings. The minimum Gasteiger partial charge on any atom is -0.357 e. The SMILES string of the molecule is CCNC(=NCc1ccccn1)NCC(=O)NCCc1ccccc1.I. The van der Waals surface area contributed by atoms with Gasteiger partial charge in [-0.15, -0.1) is 24.0 Å². The Labute approximate surface area is 171 Å². The largest absolute Gasteiger partial charge is 0.357 e. The molecular formula is C19H26IN5O. The lowest BCUT2D eigenvalue weighted by atomic mass is 10.1. The zero-order valence-electron chi connectivity index (χ0n) is 14.9. The Hall–Kier alpha value is -2.16. The summed E-state index contributed by atoms with van der Waals surface area (Å²) in [4.78, 5) is 20.6. The van der Waals surface area contributed by atoms with Gasteiger partial charge < -0.3 is 16.0 Å². The van der Waals surface area contributed by atoms with E-state index in [4.69, 9.17) is 0 Å². The topological polar surface area (TPSA) is 78.4 Å². The smallest absolute Gasteiger partial charge is 0.239 e. The molecule has 1 aromatic carbocycles. The van der Waals surface area contributed by atoms with Gasteiger partial charge >= 0.3 is 0 Å². The summed E-state index contributed by atoms with van der Waals surface area (Å²) >= 11 is 0. The van der Waals surface area contributed by atoms with Crippen molar-refractivity contribution < 1.29 is 4.79 Å². The van der Waals surface area contributed by atoms with E-state index in [1.165, 1.54) is 5.56 Å². The second-order valence-corrected chi connectivity index (χ2v) is 5.46. The van der Waals surface area contributed by atoms with Crippen LogP contribution in [0.4, 0.5) is 0 Å². The van der Waals surface area contributed by atoms with Crippen LogP contribution in [0.2, 0.25) is 0 Å². The van der Waals surface area contributed by atoms with Gasteiger partial charge in [-0.3, -0.25) is 9.78 Å². The number of guanidine groups is 1. The highest BCUT2D eigenvalue weighted by atomic mass is 127. The van der Waals surface area contributed by atoms with Crippen LogP contribution in [-0.4, -0.2) is 36.5 Å². The van der Waals surface area contributed by atoms with E-state index in [2.05, 4.69) is 38.1 Å². The molecule has 0 saturated heterocycles. The molecule has 2 rings (SSSR count). The molecule has 3 N–H and O–H groups in total. The van der Waals surface area contributed by atoms with Crippen LogP contribution in [0.15, 0.2) is 59.7 Å². The summed E-state index contributed by atoms with van der Waals surface area (Å²) in [5.74, 6) is 0.547. The zero-order chi connectivity index (χ0) is 17.7. The first-order valence-corrected chi connectivity index (χ1v) is 8.50. The van der Waals surface area contributed by atoms with E-state index in [0.717, 1.165) is 18.7 Å². The second-order valence-electron chi connectivity index (χ2n) is 5.46. The highest BCUT2D eigenvalue weighted by Gasteiger charge is 2.03. The molecule has 0 bridgehead atoms. The number of pyridine rings is 1. The van der Waals surface area contributed by atoms with E-state index in [1.54, 1.807) is 6.20 Å². The van der Waals surface area contributed by atoms with Crippen LogP contribution in [-0.2, 0) is 17.8 Å². The fraction of sp³-hybridized carbons (Fsp3) is 0.316. The summed E-state index contributed by atoms with van der Waals surface area (Å²) in [6.45, 7) is 3.97. The molecule has 0 unspecified atom stereocenters. The molecule has 7 heteroatoms. The molecule has 1 heterocycles. The van der Waals surface area contributed by atoms with E-state index in [0.29, 0.717) is 19.0 Å². The van der Waals surface area contributed by atoms with Crippen LogP contribution in [0, 0.1) is 0 Å². The number of rotatable bonds is 8. The van der Waals surface area contributed by atoms with Crippen molar-refractivity contribution in [2.75, 3.05) is 19.6 Å². The summed E-state index contributed by atoms with van der Waals surface area (Å²) < 4.78 is 0. The number of carbonyl (C=O) groups excluding carboxylic acids is 1. The zero-order valence-corrected chi connectivity index (χ0v) is 17.3. The third-order valence-electron chi connectivity index (χ3n) is 3.46. The number of aromatic nitrogens is 1. The van der Waals surface area contributed by atoms with Crippen molar-refractivity contribution in [2.24, 2.45) is 4.99 Å². The molecule has 1 amide bonds. The molecule has 0 radical (unpaired) electrons. The minimum atomic E-state index is -0.0561. The van der Waals surface area contributed by atoms with Gasteiger partial charge in [0.25, 0.3) is 0 Å². The predicted molar refractivity (Wildman–Crippen MR) is 116 cm³/mol. The number of hydrogen-bond donors (Lipinski definition) is 3. The number of benzene rings is 1. The molecule has 6 nitrogen and oxygen atoms in total. The van der Waals surface area contributed by atoms with Gasteiger partial charge in [-0.1, -0.05) is 36.4 Å². The third kappa shape index (κ3) is 8.80. The molecule has 0 aliphatic carbocycles. The maximum Gasteiger partial charge on any atom is 0.239 e. The van der Waals surface area contributed by atoms with Crippen molar-refractivity contribution in [3.05, 3.63) is 66.0 Å². The van der Waals surface area contributed by atoms with Crippen molar-refractivity contribution >= 4 is 35.8 Å². The average Bonchev–Trinajstić information content (AvgIpc) is 2.66. The first-order valence-electron chi connectivity index (χ1n) is 8.50. The van der Waals surface area contributed by atoms with Gasteiger partial charge in [0.2, 0.25) is 5.91 Å². The van der Waals surface area contributed by atoms with Crippen molar-refractivity contribution in [3.63, 3.8) is 0 Å². The number of aliphatic imine (C=N–C) groups is 1. The van der Waals surface area contributed by atoms with Crippen LogP contribution in [0.1, 0.15) is 18.2 Å². The van der Waals surface area contributed by atoms with Crippen molar-refractivity contribution in [1.82, 2.24) is 20.9 Å². The maximum absolute atomic E-state index is 11.9. The molecule has 0 saturated carbocycles. The van der Waals surface area contributed by atoms with Crippen LogP contribution >= 0.6 is 24.0 Å². The van der Waals surface area contributed by atoms with Gasteiger partial charge in [0.1, 0.15) is 0 Å². The maximum atomic E-state index is 11.9. The van der Waals surface area contributed by atoms with E-state index in [9.17, 15) is 4.79 Å². The lowest BCUT2D eigenvalue weighted by Gasteiger charge is -2.11. The van der Waals surface area contributed by atoms with E-state index in [-0.39, 0.29) is 36.4 Å². The Bertz CT molecular complexity index is 664. The minimum absolute atomic E-state index is 0. The van der Waals surface area contributed by atoms with Gasteiger partial charge in [-0.05, 0) is 31.0 Å². The monoisotopic (exact) mass is 467 g/mol. The van der Waals surface area contributed by atoms with E-state index >= 15 is 0 Å². The van der Waals surface area contributed by atoms with Crippen molar-refractivity contribution in [1.29, 1.82) is 0 Å². The summed E-state index contributed by atoms with van der Waals surface area (Å²) in [7, 11) is 0. The standard InChI is InChI=1S/C19H25N5O.HI/c1-2-20-19(23-14-17-10-6-7-12-21-17)24-15-18(25)22-13-11-16-8-4-3-5-9-16;/h3-10,12H,2,11,13-15H2,1H3,(H,22,25)(H2,20,23,24);1H. The first-order chi connectivity index (χ1) is 12.3. The Balaban J connectivity index is 0.00000338. The second kappa shape index (κ2) is 13.1. The highest BCUT2D eigenvalue weighted by Crippen LogP contribution is 1.98. The van der Waals surface area contributed by atoms with Crippen molar-refractivity contribution in [2.45, 2.75) is 19.9 Å². The average molecular weight is 467 g/mol. The normalized spacial score (nSPS) is 10.6. The quantitative estimate of drug-likeness (QED) is 0.316. The van der Waals surface area contributed by atoms with Gasteiger partial charge in [0.05, 0.1) is 18.8 Å². The first kappa shape index (κ1) is 21.9. The van der Waals surface area contributed by atoms with Crippen LogP contribution in [0.25, 0.3) is 0 Å². The lowest BCUT2D eigenvalue weighted by molar-refractivity contribution is -0.119. The molecule has 0 atom stereocenters.